The molecule has 0 fully saturated rings. The Kier molecular flexibility index (Phi) is 4.07. The predicted octanol–water partition coefficient (Wildman–Crippen LogP) is 3.21. The minimum atomic E-state index is 0.413. The first-order valence-corrected chi connectivity index (χ1v) is 4.89. The van der Waals surface area contributed by atoms with Crippen LogP contribution in [0.4, 0.5) is 0 Å². The van der Waals surface area contributed by atoms with E-state index in [2.05, 4.69) is 18.9 Å². The molecule has 1 rings (SSSR count). The zero-order valence-corrected chi connectivity index (χ0v) is 8.79. The van der Waals surface area contributed by atoms with Crippen molar-refractivity contribution < 1.29 is 4.74 Å². The average molecular weight is 188 g/mol. The Morgan fingerprint density at radius 1 is 1.43 bits per heavy atom. The van der Waals surface area contributed by atoms with E-state index in [4.69, 9.17) is 11.2 Å². The average Bonchev–Trinajstić information content (AvgIpc) is 2.26. The second-order valence-electron chi connectivity index (χ2n) is 3.26. The standard InChI is InChI=1S/C13H16O/c1-4-8-11(5-2)12-9-6-7-10-13(12)14-3/h1,6-7,9-11H,5,8H2,2-3H3. The highest BCUT2D eigenvalue weighted by atomic mass is 16.5. The van der Waals surface area contributed by atoms with Gasteiger partial charge in [-0.05, 0) is 24.0 Å². The van der Waals surface area contributed by atoms with Crippen LogP contribution in [0.1, 0.15) is 31.2 Å². The molecule has 1 nitrogen and oxygen atoms in total. The van der Waals surface area contributed by atoms with E-state index in [1.807, 2.05) is 18.2 Å². The molecule has 1 aromatic carbocycles. The molecule has 1 unspecified atom stereocenters. The number of hydrogen-bond donors (Lipinski definition) is 0. The van der Waals surface area contributed by atoms with Gasteiger partial charge >= 0.3 is 0 Å². The van der Waals surface area contributed by atoms with Gasteiger partial charge in [0.1, 0.15) is 5.75 Å². The molecule has 0 spiro atoms. The van der Waals surface area contributed by atoms with Crippen LogP contribution in [0.25, 0.3) is 0 Å². The van der Waals surface area contributed by atoms with E-state index in [9.17, 15) is 0 Å². The summed E-state index contributed by atoms with van der Waals surface area (Å²) in [4.78, 5) is 0. The number of terminal acetylenes is 1. The van der Waals surface area contributed by atoms with Crippen molar-refractivity contribution in [2.75, 3.05) is 7.11 Å². The van der Waals surface area contributed by atoms with Gasteiger partial charge in [-0.2, -0.15) is 0 Å². The number of rotatable bonds is 4. The lowest BCUT2D eigenvalue weighted by Gasteiger charge is -2.15. The summed E-state index contributed by atoms with van der Waals surface area (Å²) < 4.78 is 5.31. The van der Waals surface area contributed by atoms with Gasteiger partial charge in [-0.15, -0.1) is 12.3 Å². The van der Waals surface area contributed by atoms with Gasteiger partial charge in [0, 0.05) is 6.42 Å². The van der Waals surface area contributed by atoms with E-state index in [1.54, 1.807) is 7.11 Å². The third kappa shape index (κ3) is 2.29. The molecule has 14 heavy (non-hydrogen) atoms. The topological polar surface area (TPSA) is 9.23 Å². The van der Waals surface area contributed by atoms with Gasteiger partial charge in [0.25, 0.3) is 0 Å². The van der Waals surface area contributed by atoms with Crippen LogP contribution < -0.4 is 4.74 Å². The van der Waals surface area contributed by atoms with Gasteiger partial charge in [0.2, 0.25) is 0 Å². The molecule has 0 heterocycles. The molecule has 0 aromatic heterocycles. The number of methoxy groups -OCH3 is 1. The highest BCUT2D eigenvalue weighted by Crippen LogP contribution is 2.30. The number of para-hydroxylation sites is 1. The Balaban J connectivity index is 2.97. The number of ether oxygens (including phenoxy) is 1. The van der Waals surface area contributed by atoms with E-state index >= 15 is 0 Å². The third-order valence-corrected chi connectivity index (χ3v) is 2.44. The summed E-state index contributed by atoms with van der Waals surface area (Å²) in [5.74, 6) is 4.07. The molecule has 0 aliphatic carbocycles. The van der Waals surface area contributed by atoms with Crippen LogP contribution in [0.2, 0.25) is 0 Å². The first-order chi connectivity index (χ1) is 6.83. The third-order valence-electron chi connectivity index (χ3n) is 2.44. The monoisotopic (exact) mass is 188 g/mol. The molecule has 1 aromatic rings. The van der Waals surface area contributed by atoms with E-state index < -0.39 is 0 Å². The highest BCUT2D eigenvalue weighted by molar-refractivity contribution is 5.36. The molecule has 74 valence electrons. The number of benzene rings is 1. The minimum absolute atomic E-state index is 0.413. The molecule has 1 atom stereocenters. The smallest absolute Gasteiger partial charge is 0.122 e. The predicted molar refractivity (Wildman–Crippen MR) is 59.5 cm³/mol. The summed E-state index contributed by atoms with van der Waals surface area (Å²) in [6, 6.07) is 8.07. The van der Waals surface area contributed by atoms with Gasteiger partial charge in [-0.1, -0.05) is 25.1 Å². The molecular weight excluding hydrogens is 172 g/mol. The molecule has 0 radical (unpaired) electrons. The van der Waals surface area contributed by atoms with E-state index in [0.717, 1.165) is 18.6 Å². The van der Waals surface area contributed by atoms with Crippen molar-refractivity contribution in [3.63, 3.8) is 0 Å². The summed E-state index contributed by atoms with van der Waals surface area (Å²) in [6.07, 6.45) is 7.16. The van der Waals surface area contributed by atoms with Crippen LogP contribution >= 0.6 is 0 Å². The molecule has 0 N–H and O–H groups in total. The molecule has 0 saturated carbocycles. The Labute approximate surface area is 86.1 Å². The Hall–Kier alpha value is -1.42. The fourth-order valence-corrected chi connectivity index (χ4v) is 1.62. The van der Waals surface area contributed by atoms with Crippen LogP contribution in [-0.2, 0) is 0 Å². The van der Waals surface area contributed by atoms with Crippen LogP contribution in [0.5, 0.6) is 5.75 Å². The second-order valence-corrected chi connectivity index (χ2v) is 3.26. The largest absolute Gasteiger partial charge is 0.496 e. The first-order valence-electron chi connectivity index (χ1n) is 4.89. The molecule has 0 aliphatic heterocycles. The molecule has 0 bridgehead atoms. The van der Waals surface area contributed by atoms with E-state index in [0.29, 0.717) is 5.92 Å². The summed E-state index contributed by atoms with van der Waals surface area (Å²) in [6.45, 7) is 2.15. The molecule has 1 heteroatoms. The lowest BCUT2D eigenvalue weighted by Crippen LogP contribution is -1.99. The maximum absolute atomic E-state index is 5.34. The minimum Gasteiger partial charge on any atom is -0.496 e. The maximum Gasteiger partial charge on any atom is 0.122 e. The van der Waals surface area contributed by atoms with Crippen molar-refractivity contribution in [3.05, 3.63) is 29.8 Å². The first kappa shape index (κ1) is 10.7. The highest BCUT2D eigenvalue weighted by Gasteiger charge is 2.12. The van der Waals surface area contributed by atoms with Gasteiger partial charge < -0.3 is 4.74 Å². The molecular formula is C13H16O. The van der Waals surface area contributed by atoms with Crippen LogP contribution in [-0.4, -0.2) is 7.11 Å². The van der Waals surface area contributed by atoms with E-state index in [1.165, 1.54) is 5.56 Å². The van der Waals surface area contributed by atoms with Crippen molar-refractivity contribution in [2.45, 2.75) is 25.7 Å². The van der Waals surface area contributed by atoms with Crippen molar-refractivity contribution in [1.82, 2.24) is 0 Å². The van der Waals surface area contributed by atoms with Crippen LogP contribution in [0.3, 0.4) is 0 Å². The van der Waals surface area contributed by atoms with Gasteiger partial charge in [-0.3, -0.25) is 0 Å². The quantitative estimate of drug-likeness (QED) is 0.659. The molecule has 0 saturated heterocycles. The van der Waals surface area contributed by atoms with Crippen molar-refractivity contribution in [3.8, 4) is 18.1 Å². The van der Waals surface area contributed by atoms with Gasteiger partial charge in [-0.25, -0.2) is 0 Å². The SMILES string of the molecule is C#CCC(CC)c1ccccc1OC. The maximum atomic E-state index is 5.34. The number of hydrogen-bond acceptors (Lipinski definition) is 1. The van der Waals surface area contributed by atoms with Crippen molar-refractivity contribution in [1.29, 1.82) is 0 Å². The van der Waals surface area contributed by atoms with Crippen molar-refractivity contribution >= 4 is 0 Å². The zero-order chi connectivity index (χ0) is 10.4. The summed E-state index contributed by atoms with van der Waals surface area (Å²) in [5, 5.41) is 0. The second kappa shape index (κ2) is 5.34. The van der Waals surface area contributed by atoms with Gasteiger partial charge in [0.05, 0.1) is 7.11 Å². The van der Waals surface area contributed by atoms with Crippen LogP contribution in [0, 0.1) is 12.3 Å². The summed E-state index contributed by atoms with van der Waals surface area (Å²) >= 11 is 0. The van der Waals surface area contributed by atoms with Gasteiger partial charge in [0.15, 0.2) is 0 Å². The Morgan fingerprint density at radius 3 is 2.71 bits per heavy atom. The van der Waals surface area contributed by atoms with Crippen LogP contribution in [0.15, 0.2) is 24.3 Å². The lowest BCUT2D eigenvalue weighted by molar-refractivity contribution is 0.405. The zero-order valence-electron chi connectivity index (χ0n) is 8.79. The Bertz CT molecular complexity index is 322. The molecule has 0 aliphatic rings. The van der Waals surface area contributed by atoms with Crippen molar-refractivity contribution in [2.24, 2.45) is 0 Å². The lowest BCUT2D eigenvalue weighted by atomic mass is 9.93. The summed E-state index contributed by atoms with van der Waals surface area (Å²) in [7, 11) is 1.70. The summed E-state index contributed by atoms with van der Waals surface area (Å²) in [5.41, 5.74) is 1.22. The molecule has 0 amide bonds. The fourth-order valence-electron chi connectivity index (χ4n) is 1.62. The Morgan fingerprint density at radius 2 is 2.14 bits per heavy atom. The normalized spacial score (nSPS) is 11.8. The van der Waals surface area contributed by atoms with E-state index in [-0.39, 0.29) is 0 Å². The fraction of sp³-hybridized carbons (Fsp3) is 0.385.